The van der Waals surface area contributed by atoms with Gasteiger partial charge in [-0.2, -0.15) is 0 Å². The summed E-state index contributed by atoms with van der Waals surface area (Å²) in [6.07, 6.45) is 0. The molecule has 2 aromatic rings. The van der Waals surface area contributed by atoms with Gasteiger partial charge in [0.1, 0.15) is 17.2 Å². The second kappa shape index (κ2) is 6.36. The second-order valence-corrected chi connectivity index (χ2v) is 6.04. The molecule has 1 saturated heterocycles. The van der Waals surface area contributed by atoms with Gasteiger partial charge in [0.05, 0.1) is 13.7 Å². The van der Waals surface area contributed by atoms with Gasteiger partial charge in [-0.3, -0.25) is 9.69 Å². The van der Waals surface area contributed by atoms with Crippen molar-refractivity contribution in [2.45, 2.75) is 19.0 Å². The first kappa shape index (κ1) is 17.8. The highest BCUT2D eigenvalue weighted by Gasteiger charge is 2.50. The van der Waals surface area contributed by atoms with E-state index in [0.29, 0.717) is 5.56 Å². The number of amides is 3. The maximum Gasteiger partial charge on any atom is 0.325 e. The molecule has 1 heterocycles. The molecule has 3 rings (SSSR count). The Labute approximate surface area is 147 Å². The van der Waals surface area contributed by atoms with E-state index in [1.165, 1.54) is 26.2 Å². The SMILES string of the molecule is COc1ccc(CN2C(=O)N[C@@](C)(c3cc(F)ccc3F)C2=O)cc1F. The molecule has 1 N–H and O–H groups in total. The van der Waals surface area contributed by atoms with E-state index in [2.05, 4.69) is 5.32 Å². The van der Waals surface area contributed by atoms with Gasteiger partial charge in [0.25, 0.3) is 5.91 Å². The van der Waals surface area contributed by atoms with E-state index >= 15 is 0 Å². The number of methoxy groups -OCH3 is 1. The molecule has 0 bridgehead atoms. The number of urea groups is 1. The quantitative estimate of drug-likeness (QED) is 0.849. The number of nitrogens with one attached hydrogen (secondary N) is 1. The van der Waals surface area contributed by atoms with Crippen LogP contribution in [0.5, 0.6) is 5.75 Å². The molecule has 1 aliphatic heterocycles. The molecular weight excluding hydrogens is 349 g/mol. The van der Waals surface area contributed by atoms with E-state index in [4.69, 9.17) is 4.74 Å². The number of ether oxygens (including phenoxy) is 1. The van der Waals surface area contributed by atoms with Gasteiger partial charge >= 0.3 is 6.03 Å². The van der Waals surface area contributed by atoms with Crippen molar-refractivity contribution in [1.82, 2.24) is 10.2 Å². The molecule has 0 unspecified atom stereocenters. The van der Waals surface area contributed by atoms with Crippen molar-refractivity contribution < 1.29 is 27.5 Å². The van der Waals surface area contributed by atoms with Gasteiger partial charge in [0.15, 0.2) is 11.6 Å². The lowest BCUT2D eigenvalue weighted by atomic mass is 9.91. The molecule has 1 aliphatic rings. The van der Waals surface area contributed by atoms with Gasteiger partial charge in [0.2, 0.25) is 0 Å². The number of imide groups is 1. The Morgan fingerprint density at radius 1 is 1.08 bits per heavy atom. The summed E-state index contributed by atoms with van der Waals surface area (Å²) in [5.41, 5.74) is -1.69. The number of hydrogen-bond acceptors (Lipinski definition) is 3. The predicted molar refractivity (Wildman–Crippen MR) is 85.7 cm³/mol. The Hall–Kier alpha value is -3.03. The molecule has 1 atom stereocenters. The predicted octanol–water partition coefficient (Wildman–Crippen LogP) is 3.08. The van der Waals surface area contributed by atoms with Crippen LogP contribution < -0.4 is 10.1 Å². The second-order valence-electron chi connectivity index (χ2n) is 6.04. The standard InChI is InChI=1S/C18H15F3N2O3/c1-18(12-8-11(19)4-5-13(12)20)16(24)23(17(25)22-18)9-10-3-6-15(26-2)14(21)7-10/h3-8H,9H2,1-2H3,(H,22,25)/t18-/m0/s1. The van der Waals surface area contributed by atoms with E-state index in [0.717, 1.165) is 29.2 Å². The number of carbonyl (C=O) groups is 2. The molecule has 136 valence electrons. The highest BCUT2D eigenvalue weighted by Crippen LogP contribution is 2.32. The zero-order valence-electron chi connectivity index (χ0n) is 14.0. The topological polar surface area (TPSA) is 58.6 Å². The Kier molecular flexibility index (Phi) is 4.35. The van der Waals surface area contributed by atoms with Crippen molar-refractivity contribution in [2.24, 2.45) is 0 Å². The van der Waals surface area contributed by atoms with Crippen LogP contribution in [0.4, 0.5) is 18.0 Å². The van der Waals surface area contributed by atoms with Gasteiger partial charge in [-0.15, -0.1) is 0 Å². The zero-order valence-corrected chi connectivity index (χ0v) is 14.0. The maximum absolute atomic E-state index is 14.1. The molecule has 2 aromatic carbocycles. The minimum atomic E-state index is -1.76. The minimum Gasteiger partial charge on any atom is -0.494 e. The summed E-state index contributed by atoms with van der Waals surface area (Å²) < 4.78 is 46.2. The molecule has 26 heavy (non-hydrogen) atoms. The molecular formula is C18H15F3N2O3. The maximum atomic E-state index is 14.1. The van der Waals surface area contributed by atoms with Crippen molar-refractivity contribution in [3.63, 3.8) is 0 Å². The molecule has 0 aromatic heterocycles. The van der Waals surface area contributed by atoms with Gasteiger partial charge in [0, 0.05) is 5.56 Å². The van der Waals surface area contributed by atoms with Crippen molar-refractivity contribution in [3.05, 3.63) is 65.0 Å². The van der Waals surface area contributed by atoms with Crippen LogP contribution in [0.1, 0.15) is 18.1 Å². The first-order chi connectivity index (χ1) is 12.3. The van der Waals surface area contributed by atoms with Crippen molar-refractivity contribution in [2.75, 3.05) is 7.11 Å². The molecule has 0 radical (unpaired) electrons. The van der Waals surface area contributed by atoms with Gasteiger partial charge in [-0.1, -0.05) is 6.07 Å². The van der Waals surface area contributed by atoms with Crippen molar-refractivity contribution in [1.29, 1.82) is 0 Å². The summed E-state index contributed by atoms with van der Waals surface area (Å²) in [4.78, 5) is 25.8. The van der Waals surface area contributed by atoms with Crippen LogP contribution in [0.15, 0.2) is 36.4 Å². The largest absolute Gasteiger partial charge is 0.494 e. The Morgan fingerprint density at radius 3 is 2.46 bits per heavy atom. The fourth-order valence-corrected chi connectivity index (χ4v) is 2.89. The number of carbonyl (C=O) groups excluding carboxylic acids is 2. The first-order valence-corrected chi connectivity index (χ1v) is 7.68. The Morgan fingerprint density at radius 2 is 1.81 bits per heavy atom. The van der Waals surface area contributed by atoms with E-state index in [1.54, 1.807) is 0 Å². The van der Waals surface area contributed by atoms with Crippen LogP contribution in [0, 0.1) is 17.5 Å². The number of halogens is 3. The minimum absolute atomic E-state index is 0.0256. The highest BCUT2D eigenvalue weighted by molar-refractivity contribution is 6.07. The monoisotopic (exact) mass is 364 g/mol. The Balaban J connectivity index is 1.91. The van der Waals surface area contributed by atoms with E-state index in [9.17, 15) is 22.8 Å². The summed E-state index contributed by atoms with van der Waals surface area (Å²) in [5, 5.41) is 2.38. The molecule has 5 nitrogen and oxygen atoms in total. The summed E-state index contributed by atoms with van der Waals surface area (Å²) >= 11 is 0. The number of rotatable bonds is 4. The van der Waals surface area contributed by atoms with E-state index < -0.39 is 34.9 Å². The smallest absolute Gasteiger partial charge is 0.325 e. The third kappa shape index (κ3) is 2.87. The van der Waals surface area contributed by atoms with Crippen LogP contribution in [0.2, 0.25) is 0 Å². The normalized spacial score (nSPS) is 19.7. The average molecular weight is 364 g/mol. The fraction of sp³-hybridized carbons (Fsp3) is 0.222. The van der Waals surface area contributed by atoms with E-state index in [1.807, 2.05) is 0 Å². The van der Waals surface area contributed by atoms with E-state index in [-0.39, 0.29) is 17.9 Å². The number of hydrogen-bond donors (Lipinski definition) is 1. The molecule has 1 fully saturated rings. The fourth-order valence-electron chi connectivity index (χ4n) is 2.89. The highest BCUT2D eigenvalue weighted by atomic mass is 19.1. The third-order valence-corrected chi connectivity index (χ3v) is 4.30. The number of benzene rings is 2. The van der Waals surface area contributed by atoms with Crippen LogP contribution >= 0.6 is 0 Å². The molecule has 0 aliphatic carbocycles. The lowest BCUT2D eigenvalue weighted by molar-refractivity contribution is -0.131. The lowest BCUT2D eigenvalue weighted by Gasteiger charge is -2.23. The van der Waals surface area contributed by atoms with Gasteiger partial charge < -0.3 is 10.1 Å². The van der Waals surface area contributed by atoms with Crippen LogP contribution in [0.25, 0.3) is 0 Å². The summed E-state index contributed by atoms with van der Waals surface area (Å²) in [7, 11) is 1.31. The van der Waals surface area contributed by atoms with Crippen molar-refractivity contribution >= 4 is 11.9 Å². The third-order valence-electron chi connectivity index (χ3n) is 4.30. The molecule has 3 amide bonds. The lowest BCUT2D eigenvalue weighted by Crippen LogP contribution is -2.41. The van der Waals surface area contributed by atoms with Crippen LogP contribution in [0.3, 0.4) is 0 Å². The molecule has 0 saturated carbocycles. The summed E-state index contributed by atoms with van der Waals surface area (Å²) in [5.74, 6) is -2.93. The number of nitrogens with zero attached hydrogens (tertiary/aromatic N) is 1. The summed E-state index contributed by atoms with van der Waals surface area (Å²) in [6, 6.07) is 5.90. The average Bonchev–Trinajstić information content (AvgIpc) is 2.81. The van der Waals surface area contributed by atoms with Crippen molar-refractivity contribution in [3.8, 4) is 5.75 Å². The van der Waals surface area contributed by atoms with Crippen LogP contribution in [-0.2, 0) is 16.9 Å². The Bertz CT molecular complexity index is 903. The first-order valence-electron chi connectivity index (χ1n) is 7.68. The van der Waals surface area contributed by atoms with Gasteiger partial charge in [-0.25, -0.2) is 18.0 Å². The van der Waals surface area contributed by atoms with Crippen LogP contribution in [-0.4, -0.2) is 23.9 Å². The molecule has 0 spiro atoms. The zero-order chi connectivity index (χ0) is 19.1. The van der Waals surface area contributed by atoms with Gasteiger partial charge in [-0.05, 0) is 42.8 Å². The summed E-state index contributed by atoms with van der Waals surface area (Å²) in [6.45, 7) is 1.07. The molecule has 8 heteroatoms.